The van der Waals surface area contributed by atoms with Gasteiger partial charge in [0.2, 0.25) is 0 Å². The van der Waals surface area contributed by atoms with Gasteiger partial charge in [0.15, 0.2) is 0 Å². The Morgan fingerprint density at radius 3 is 2.48 bits per heavy atom. The molecule has 4 nitrogen and oxygen atoms in total. The molecule has 0 fully saturated rings. The average molecular weight is 293 g/mol. The molecule has 0 bridgehead atoms. The highest BCUT2D eigenvalue weighted by Gasteiger charge is 2.31. The topological polar surface area (TPSA) is 71.9 Å². The van der Waals surface area contributed by atoms with Crippen molar-refractivity contribution in [2.24, 2.45) is 0 Å². The first kappa shape index (κ1) is 14.7. The molecule has 1 aromatic carbocycles. The number of nitrogens with two attached hydrogens (primary N) is 1. The minimum atomic E-state index is -4.73. The maximum atomic E-state index is 12.1. The minimum absolute atomic E-state index is 0.105. The first-order valence-corrected chi connectivity index (χ1v) is 5.86. The fourth-order valence-corrected chi connectivity index (χ4v) is 1.82. The Labute approximate surface area is 118 Å². The second-order valence-corrected chi connectivity index (χ2v) is 4.18. The largest absolute Gasteiger partial charge is 0.573 e. The van der Waals surface area contributed by atoms with Gasteiger partial charge in [0.05, 0.1) is 30.1 Å². The zero-order chi connectivity index (χ0) is 15.5. The molecular formula is C14H10F3N3O. The van der Waals surface area contributed by atoms with Gasteiger partial charge in [0.1, 0.15) is 5.75 Å². The maximum Gasteiger partial charge on any atom is 0.573 e. The third-order valence-electron chi connectivity index (χ3n) is 2.62. The molecule has 108 valence electrons. The lowest BCUT2D eigenvalue weighted by molar-refractivity contribution is -0.274. The quantitative estimate of drug-likeness (QED) is 0.942. The Morgan fingerprint density at radius 1 is 1.24 bits per heavy atom. The molecule has 2 N–H and O–H groups in total. The highest BCUT2D eigenvalue weighted by Crippen LogP contribution is 2.28. The van der Waals surface area contributed by atoms with E-state index in [0.717, 1.165) is 0 Å². The SMILES string of the molecule is N#CCc1cc(N)cnc1-c1ccc(OC(F)(F)F)cc1. The molecule has 0 unspecified atom stereocenters. The second-order valence-electron chi connectivity index (χ2n) is 4.18. The van der Waals surface area contributed by atoms with Crippen molar-refractivity contribution in [1.29, 1.82) is 5.26 Å². The summed E-state index contributed by atoms with van der Waals surface area (Å²) in [7, 11) is 0. The van der Waals surface area contributed by atoms with Crippen LogP contribution in [0.25, 0.3) is 11.3 Å². The van der Waals surface area contributed by atoms with Crippen molar-refractivity contribution in [2.45, 2.75) is 12.8 Å². The smallest absolute Gasteiger partial charge is 0.406 e. The summed E-state index contributed by atoms with van der Waals surface area (Å²) in [4.78, 5) is 4.13. The van der Waals surface area contributed by atoms with E-state index in [1.165, 1.54) is 30.5 Å². The number of nitrogen functional groups attached to an aromatic ring is 1. The lowest BCUT2D eigenvalue weighted by atomic mass is 10.0. The number of hydrogen-bond acceptors (Lipinski definition) is 4. The Balaban J connectivity index is 2.33. The normalized spacial score (nSPS) is 11.0. The summed E-state index contributed by atoms with van der Waals surface area (Å²) in [6, 6.07) is 8.88. The van der Waals surface area contributed by atoms with E-state index >= 15 is 0 Å². The number of alkyl halides is 3. The molecule has 0 radical (unpaired) electrons. The van der Waals surface area contributed by atoms with Crippen LogP contribution < -0.4 is 10.5 Å². The number of anilines is 1. The van der Waals surface area contributed by atoms with Crippen LogP contribution in [0, 0.1) is 11.3 Å². The van der Waals surface area contributed by atoms with Crippen molar-refractivity contribution >= 4 is 5.69 Å². The first-order chi connectivity index (χ1) is 9.89. The summed E-state index contributed by atoms with van der Waals surface area (Å²) in [5.41, 5.74) is 7.73. The highest BCUT2D eigenvalue weighted by atomic mass is 19.4. The number of hydrogen-bond donors (Lipinski definition) is 1. The summed E-state index contributed by atoms with van der Waals surface area (Å²) in [6.07, 6.45) is -3.20. The number of halogens is 3. The van der Waals surface area contributed by atoms with E-state index in [2.05, 4.69) is 9.72 Å². The maximum absolute atomic E-state index is 12.1. The van der Waals surface area contributed by atoms with Crippen molar-refractivity contribution in [1.82, 2.24) is 4.98 Å². The number of nitriles is 1. The first-order valence-electron chi connectivity index (χ1n) is 5.86. The average Bonchev–Trinajstić information content (AvgIpc) is 2.39. The zero-order valence-corrected chi connectivity index (χ0v) is 10.7. The summed E-state index contributed by atoms with van der Waals surface area (Å²) in [5, 5.41) is 8.79. The predicted octanol–water partition coefficient (Wildman–Crippen LogP) is 3.30. The Bertz CT molecular complexity index is 675. The molecule has 0 amide bonds. The third kappa shape index (κ3) is 3.86. The molecule has 21 heavy (non-hydrogen) atoms. The number of aromatic nitrogens is 1. The van der Waals surface area contributed by atoms with Gasteiger partial charge in [-0.2, -0.15) is 5.26 Å². The van der Waals surface area contributed by atoms with Crippen LogP contribution in [0.1, 0.15) is 5.56 Å². The van der Waals surface area contributed by atoms with Crippen LogP contribution >= 0.6 is 0 Å². The summed E-state index contributed by atoms with van der Waals surface area (Å²) >= 11 is 0. The van der Waals surface area contributed by atoms with Crippen molar-refractivity contribution in [3.05, 3.63) is 42.1 Å². The van der Waals surface area contributed by atoms with E-state index in [4.69, 9.17) is 11.0 Å². The summed E-state index contributed by atoms with van der Waals surface area (Å²) < 4.78 is 40.1. The van der Waals surface area contributed by atoms with Gasteiger partial charge in [-0.05, 0) is 35.9 Å². The standard InChI is InChI=1S/C14H10F3N3O/c15-14(16,17)21-12-3-1-9(2-4-12)13-10(5-6-18)7-11(19)8-20-13/h1-4,7-8H,5,19H2. The summed E-state index contributed by atoms with van der Waals surface area (Å²) in [6.45, 7) is 0. The van der Waals surface area contributed by atoms with Gasteiger partial charge in [0.25, 0.3) is 0 Å². The number of nitrogens with zero attached hydrogens (tertiary/aromatic N) is 2. The summed E-state index contributed by atoms with van der Waals surface area (Å²) in [5.74, 6) is -0.316. The lowest BCUT2D eigenvalue weighted by Crippen LogP contribution is -2.16. The van der Waals surface area contributed by atoms with Crippen LogP contribution in [0.2, 0.25) is 0 Å². The van der Waals surface area contributed by atoms with Crippen LogP contribution in [-0.2, 0) is 6.42 Å². The monoisotopic (exact) mass is 293 g/mol. The van der Waals surface area contributed by atoms with Crippen molar-refractivity contribution < 1.29 is 17.9 Å². The van der Waals surface area contributed by atoms with E-state index in [9.17, 15) is 13.2 Å². The predicted molar refractivity (Wildman–Crippen MR) is 70.1 cm³/mol. The molecule has 1 heterocycles. The molecule has 1 aromatic heterocycles. The number of benzene rings is 1. The van der Waals surface area contributed by atoms with Gasteiger partial charge in [-0.1, -0.05) is 0 Å². The lowest BCUT2D eigenvalue weighted by Gasteiger charge is -2.10. The molecular weight excluding hydrogens is 283 g/mol. The van der Waals surface area contributed by atoms with E-state index in [1.54, 1.807) is 6.07 Å². The highest BCUT2D eigenvalue weighted by molar-refractivity contribution is 5.66. The van der Waals surface area contributed by atoms with Crippen molar-refractivity contribution in [3.63, 3.8) is 0 Å². The zero-order valence-electron chi connectivity index (χ0n) is 10.7. The Morgan fingerprint density at radius 2 is 1.90 bits per heavy atom. The van der Waals surface area contributed by atoms with Gasteiger partial charge >= 0.3 is 6.36 Å². The van der Waals surface area contributed by atoms with Crippen LogP contribution in [0.5, 0.6) is 5.75 Å². The Hall–Kier alpha value is -2.75. The minimum Gasteiger partial charge on any atom is -0.406 e. The van der Waals surface area contributed by atoms with Gasteiger partial charge in [-0.25, -0.2) is 0 Å². The van der Waals surface area contributed by atoms with E-state index in [0.29, 0.717) is 22.5 Å². The van der Waals surface area contributed by atoms with Gasteiger partial charge in [-0.3, -0.25) is 4.98 Å². The van der Waals surface area contributed by atoms with Gasteiger partial charge in [0, 0.05) is 5.56 Å². The van der Waals surface area contributed by atoms with Crippen molar-refractivity contribution in [3.8, 4) is 23.1 Å². The number of ether oxygens (including phenoxy) is 1. The van der Waals surface area contributed by atoms with E-state index in [1.807, 2.05) is 6.07 Å². The van der Waals surface area contributed by atoms with E-state index < -0.39 is 6.36 Å². The molecule has 0 atom stereocenters. The molecule has 0 saturated carbocycles. The molecule has 0 aliphatic rings. The van der Waals surface area contributed by atoms with Crippen LogP contribution in [-0.4, -0.2) is 11.3 Å². The van der Waals surface area contributed by atoms with Crippen LogP contribution in [0.4, 0.5) is 18.9 Å². The number of pyridine rings is 1. The van der Waals surface area contributed by atoms with Crippen LogP contribution in [0.15, 0.2) is 36.5 Å². The molecule has 2 aromatic rings. The Kier molecular flexibility index (Phi) is 3.98. The molecule has 0 aliphatic carbocycles. The second kappa shape index (κ2) is 5.71. The fraction of sp³-hybridized carbons (Fsp3) is 0.143. The molecule has 7 heteroatoms. The molecule has 2 rings (SSSR count). The van der Waals surface area contributed by atoms with Gasteiger partial charge in [-0.15, -0.1) is 13.2 Å². The molecule has 0 spiro atoms. The molecule has 0 saturated heterocycles. The third-order valence-corrected chi connectivity index (χ3v) is 2.62. The molecule has 0 aliphatic heterocycles. The van der Waals surface area contributed by atoms with E-state index in [-0.39, 0.29) is 12.2 Å². The fourth-order valence-electron chi connectivity index (χ4n) is 1.82. The van der Waals surface area contributed by atoms with Crippen LogP contribution in [0.3, 0.4) is 0 Å². The van der Waals surface area contributed by atoms with Gasteiger partial charge < -0.3 is 10.5 Å². The van der Waals surface area contributed by atoms with Crippen molar-refractivity contribution in [2.75, 3.05) is 5.73 Å². The number of rotatable bonds is 3.